The average Bonchev–Trinajstić information content (AvgIpc) is 2.98. The first-order valence-corrected chi connectivity index (χ1v) is 10.4. The van der Waals surface area contributed by atoms with Crippen molar-refractivity contribution >= 4 is 23.4 Å². The molecule has 2 aromatic rings. The molecule has 3 rings (SSSR count). The molecule has 1 aromatic carbocycles. The summed E-state index contributed by atoms with van der Waals surface area (Å²) in [5.74, 6) is 1.15. The van der Waals surface area contributed by atoms with Crippen LogP contribution in [-0.2, 0) is 11.2 Å². The Morgan fingerprint density at radius 2 is 1.93 bits per heavy atom. The zero-order valence-corrected chi connectivity index (χ0v) is 18.4. The summed E-state index contributed by atoms with van der Waals surface area (Å²) in [6.07, 6.45) is 1.66. The molecule has 156 valence electrons. The van der Waals surface area contributed by atoms with Crippen molar-refractivity contribution in [2.75, 3.05) is 0 Å². The van der Waals surface area contributed by atoms with Gasteiger partial charge in [-0.15, -0.1) is 0 Å². The van der Waals surface area contributed by atoms with Gasteiger partial charge >= 0.3 is 0 Å². The number of nitrogens with one attached hydrogen (secondary N) is 2. The van der Waals surface area contributed by atoms with E-state index < -0.39 is 6.04 Å². The lowest BCUT2D eigenvalue weighted by Crippen LogP contribution is -2.51. The Bertz CT molecular complexity index is 917. The van der Waals surface area contributed by atoms with E-state index in [2.05, 4.69) is 24.5 Å². The van der Waals surface area contributed by atoms with Gasteiger partial charge < -0.3 is 15.1 Å². The Balaban J connectivity index is 1.78. The molecule has 2 atom stereocenters. The molecule has 29 heavy (non-hydrogen) atoms. The van der Waals surface area contributed by atoms with Crippen molar-refractivity contribution in [3.05, 3.63) is 58.0 Å². The first-order valence-electron chi connectivity index (χ1n) is 10.0. The van der Waals surface area contributed by atoms with E-state index in [1.165, 1.54) is 0 Å². The normalized spacial score (nSPS) is 18.8. The van der Waals surface area contributed by atoms with E-state index in [-0.39, 0.29) is 29.2 Å². The maximum atomic E-state index is 13.1. The highest BCUT2D eigenvalue weighted by Crippen LogP contribution is 2.42. The molecule has 5 nitrogen and oxygen atoms in total. The Kier molecular flexibility index (Phi) is 6.08. The zero-order chi connectivity index (χ0) is 21.3. The van der Waals surface area contributed by atoms with Crippen molar-refractivity contribution in [1.29, 1.82) is 0 Å². The first kappa shape index (κ1) is 21.4. The number of aryl methyl sites for hydroxylation is 1. The van der Waals surface area contributed by atoms with Gasteiger partial charge in [0.1, 0.15) is 17.6 Å². The number of hydrogen-bond acceptors (Lipinski definition) is 3. The van der Waals surface area contributed by atoms with Crippen molar-refractivity contribution in [2.24, 2.45) is 11.3 Å². The van der Waals surface area contributed by atoms with Crippen LogP contribution in [0, 0.1) is 18.3 Å². The Labute approximate surface area is 177 Å². The lowest BCUT2D eigenvalue weighted by molar-refractivity contribution is -0.125. The van der Waals surface area contributed by atoms with Crippen LogP contribution in [0.1, 0.15) is 67.6 Å². The number of hydrogen-bond donors (Lipinski definition) is 2. The summed E-state index contributed by atoms with van der Waals surface area (Å²) < 4.78 is 5.86. The molecule has 2 amide bonds. The van der Waals surface area contributed by atoms with Crippen LogP contribution in [0.15, 0.2) is 34.7 Å². The molecule has 0 saturated heterocycles. The number of furan rings is 1. The van der Waals surface area contributed by atoms with E-state index in [4.69, 9.17) is 16.0 Å². The zero-order valence-electron chi connectivity index (χ0n) is 17.6. The summed E-state index contributed by atoms with van der Waals surface area (Å²) in [5.41, 5.74) is 1.41. The van der Waals surface area contributed by atoms with Crippen LogP contribution in [0.25, 0.3) is 0 Å². The quantitative estimate of drug-likeness (QED) is 0.733. The summed E-state index contributed by atoms with van der Waals surface area (Å²) in [5, 5.41) is 6.37. The average molecular weight is 417 g/mol. The molecule has 0 radical (unpaired) electrons. The standard InChI is InChI=1S/C23H29ClN2O3/c1-13(2)20(26-21(27)15-8-6-7-9-17(15)24)22(28)25-18-11-23(4,5)12-19-16(18)10-14(3)29-19/h6-10,13,18,20H,11-12H2,1-5H3,(H,25,28)(H,26,27). The second kappa shape index (κ2) is 8.23. The number of carbonyl (C=O) groups excluding carboxylic acids is 2. The monoisotopic (exact) mass is 416 g/mol. The molecule has 0 bridgehead atoms. The van der Waals surface area contributed by atoms with Gasteiger partial charge in [0.15, 0.2) is 0 Å². The molecule has 1 heterocycles. The van der Waals surface area contributed by atoms with E-state index in [0.717, 1.165) is 29.9 Å². The topological polar surface area (TPSA) is 71.3 Å². The lowest BCUT2D eigenvalue weighted by atomic mass is 9.74. The smallest absolute Gasteiger partial charge is 0.253 e. The summed E-state index contributed by atoms with van der Waals surface area (Å²) in [6, 6.07) is 8.02. The molecule has 6 heteroatoms. The number of halogens is 1. The van der Waals surface area contributed by atoms with Crippen LogP contribution in [0.5, 0.6) is 0 Å². The van der Waals surface area contributed by atoms with E-state index in [9.17, 15) is 9.59 Å². The van der Waals surface area contributed by atoms with Crippen molar-refractivity contribution in [3.8, 4) is 0 Å². The predicted molar refractivity (Wildman–Crippen MR) is 114 cm³/mol. The van der Waals surface area contributed by atoms with Crippen LogP contribution in [-0.4, -0.2) is 17.9 Å². The van der Waals surface area contributed by atoms with E-state index in [0.29, 0.717) is 10.6 Å². The minimum absolute atomic E-state index is 0.0172. The molecule has 0 spiro atoms. The molecule has 0 fully saturated rings. The van der Waals surface area contributed by atoms with Gasteiger partial charge in [0, 0.05) is 12.0 Å². The number of carbonyl (C=O) groups is 2. The third kappa shape index (κ3) is 4.84. The minimum atomic E-state index is -0.666. The van der Waals surface area contributed by atoms with Crippen molar-refractivity contribution in [2.45, 2.75) is 59.5 Å². The summed E-state index contributed by atoms with van der Waals surface area (Å²) >= 11 is 6.14. The van der Waals surface area contributed by atoms with Gasteiger partial charge in [-0.3, -0.25) is 9.59 Å². The van der Waals surface area contributed by atoms with Crippen molar-refractivity contribution in [3.63, 3.8) is 0 Å². The molecule has 2 unspecified atom stereocenters. The summed E-state index contributed by atoms with van der Waals surface area (Å²) in [4.78, 5) is 25.8. The van der Waals surface area contributed by atoms with Gasteiger partial charge in [0.05, 0.1) is 16.6 Å². The van der Waals surface area contributed by atoms with Gasteiger partial charge in [-0.05, 0) is 42.9 Å². The highest BCUT2D eigenvalue weighted by molar-refractivity contribution is 6.33. The highest BCUT2D eigenvalue weighted by Gasteiger charge is 2.37. The van der Waals surface area contributed by atoms with Gasteiger partial charge in [-0.2, -0.15) is 0 Å². The fraction of sp³-hybridized carbons (Fsp3) is 0.478. The molecule has 0 saturated carbocycles. The van der Waals surface area contributed by atoms with Gasteiger partial charge in [0.2, 0.25) is 5.91 Å². The second-order valence-electron chi connectivity index (χ2n) is 9.02. The summed E-state index contributed by atoms with van der Waals surface area (Å²) in [6.45, 7) is 10.1. The molecule has 2 N–H and O–H groups in total. The third-order valence-electron chi connectivity index (χ3n) is 5.41. The van der Waals surface area contributed by atoms with Gasteiger partial charge in [0.25, 0.3) is 5.91 Å². The molecular weight excluding hydrogens is 388 g/mol. The molecule has 1 aromatic heterocycles. The van der Waals surface area contributed by atoms with Crippen molar-refractivity contribution < 1.29 is 14.0 Å². The Morgan fingerprint density at radius 1 is 1.24 bits per heavy atom. The van der Waals surface area contributed by atoms with Gasteiger partial charge in [-0.25, -0.2) is 0 Å². The lowest BCUT2D eigenvalue weighted by Gasteiger charge is -2.35. The minimum Gasteiger partial charge on any atom is -0.466 e. The maximum Gasteiger partial charge on any atom is 0.253 e. The van der Waals surface area contributed by atoms with Crippen LogP contribution in [0.2, 0.25) is 5.02 Å². The fourth-order valence-corrected chi connectivity index (χ4v) is 4.20. The SMILES string of the molecule is Cc1cc2c(o1)CC(C)(C)CC2NC(=O)C(NC(=O)c1ccccc1Cl)C(C)C. The van der Waals surface area contributed by atoms with Crippen LogP contribution >= 0.6 is 11.6 Å². The van der Waals surface area contributed by atoms with Crippen LogP contribution in [0.4, 0.5) is 0 Å². The highest BCUT2D eigenvalue weighted by atomic mass is 35.5. The Hall–Kier alpha value is -2.27. The van der Waals surface area contributed by atoms with Crippen molar-refractivity contribution in [1.82, 2.24) is 10.6 Å². The maximum absolute atomic E-state index is 13.1. The predicted octanol–water partition coefficient (Wildman–Crippen LogP) is 4.83. The number of rotatable bonds is 5. The van der Waals surface area contributed by atoms with Gasteiger partial charge in [-0.1, -0.05) is 51.4 Å². The van der Waals surface area contributed by atoms with E-state index in [1.807, 2.05) is 26.8 Å². The van der Waals surface area contributed by atoms with E-state index in [1.54, 1.807) is 24.3 Å². The molecule has 0 aliphatic heterocycles. The fourth-order valence-electron chi connectivity index (χ4n) is 3.97. The largest absolute Gasteiger partial charge is 0.466 e. The Morgan fingerprint density at radius 3 is 2.59 bits per heavy atom. The first-order chi connectivity index (χ1) is 13.6. The second-order valence-corrected chi connectivity index (χ2v) is 9.42. The summed E-state index contributed by atoms with van der Waals surface area (Å²) in [7, 11) is 0. The number of amides is 2. The van der Waals surface area contributed by atoms with Crippen LogP contribution < -0.4 is 10.6 Å². The van der Waals surface area contributed by atoms with Crippen LogP contribution in [0.3, 0.4) is 0 Å². The molecule has 1 aliphatic carbocycles. The molecular formula is C23H29ClN2O3. The number of benzene rings is 1. The molecule has 1 aliphatic rings. The third-order valence-corrected chi connectivity index (χ3v) is 5.74. The van der Waals surface area contributed by atoms with E-state index >= 15 is 0 Å². The number of fused-ring (bicyclic) bond motifs is 1.